The maximum absolute atomic E-state index is 6.27. The van der Waals surface area contributed by atoms with E-state index >= 15 is 0 Å². The highest BCUT2D eigenvalue weighted by atomic mass is 16.4. The fraction of sp³-hybridized carbons (Fsp3) is 0.0417. The largest absolute Gasteiger partial charge is 0.435 e. The number of fused-ring (bicyclic) bond motifs is 1. The first-order valence-corrected chi connectivity index (χ1v) is 8.98. The molecule has 0 aliphatic rings. The van der Waals surface area contributed by atoms with Gasteiger partial charge in [-0.05, 0) is 24.3 Å². The van der Waals surface area contributed by atoms with Crippen LogP contribution in [0.5, 0.6) is 0 Å². The molecule has 0 saturated heterocycles. The molecule has 130 valence electrons. The van der Waals surface area contributed by atoms with Crippen LogP contribution in [0.15, 0.2) is 95.4 Å². The molecule has 2 aromatic heterocycles. The Morgan fingerprint density at radius 1 is 0.741 bits per heavy atom. The monoisotopic (exact) mass is 350 g/mol. The molecule has 2 heterocycles. The highest BCUT2D eigenvalue weighted by Crippen LogP contribution is 2.37. The van der Waals surface area contributed by atoms with Crippen molar-refractivity contribution >= 4 is 10.9 Å². The molecule has 0 unspecified atom stereocenters. The smallest absolute Gasteiger partial charge is 0.227 e. The number of nitrogens with zero attached hydrogens (tertiary/aromatic N) is 2. The third-order valence-electron chi connectivity index (χ3n) is 4.88. The Morgan fingerprint density at radius 3 is 2.07 bits per heavy atom. The van der Waals surface area contributed by atoms with Crippen LogP contribution in [0.3, 0.4) is 0 Å². The predicted molar refractivity (Wildman–Crippen MR) is 109 cm³/mol. The van der Waals surface area contributed by atoms with Crippen molar-refractivity contribution < 1.29 is 4.42 Å². The Bertz CT molecular complexity index is 1220. The van der Waals surface area contributed by atoms with Crippen molar-refractivity contribution in [1.82, 2.24) is 9.55 Å². The van der Waals surface area contributed by atoms with E-state index in [2.05, 4.69) is 54.1 Å². The van der Waals surface area contributed by atoms with Gasteiger partial charge < -0.3 is 8.98 Å². The number of aromatic nitrogens is 2. The van der Waals surface area contributed by atoms with Crippen LogP contribution in [0.25, 0.3) is 45.1 Å². The standard InChI is InChI=1S/C24H18N2O/c1-26-20-15-9-8-14-19(20)16-21(26)22-23(17-10-4-2-5-11-17)27-24(25-22)18-12-6-3-7-13-18/h2-16H,1H3. The van der Waals surface area contributed by atoms with Crippen LogP contribution in [0.4, 0.5) is 0 Å². The molecule has 3 aromatic carbocycles. The van der Waals surface area contributed by atoms with Crippen molar-refractivity contribution in [2.24, 2.45) is 7.05 Å². The van der Waals surface area contributed by atoms with Gasteiger partial charge in [-0.3, -0.25) is 0 Å². The summed E-state index contributed by atoms with van der Waals surface area (Å²) in [7, 11) is 2.07. The predicted octanol–water partition coefficient (Wildman–Crippen LogP) is 6.17. The van der Waals surface area contributed by atoms with Crippen molar-refractivity contribution in [3.8, 4) is 34.2 Å². The fourth-order valence-corrected chi connectivity index (χ4v) is 3.50. The molecule has 0 atom stereocenters. The van der Waals surface area contributed by atoms with Gasteiger partial charge >= 0.3 is 0 Å². The van der Waals surface area contributed by atoms with Gasteiger partial charge in [-0.1, -0.05) is 66.7 Å². The van der Waals surface area contributed by atoms with Gasteiger partial charge in [-0.25, -0.2) is 4.98 Å². The summed E-state index contributed by atoms with van der Waals surface area (Å²) >= 11 is 0. The van der Waals surface area contributed by atoms with Gasteiger partial charge in [-0.15, -0.1) is 0 Å². The Hall–Kier alpha value is -3.59. The van der Waals surface area contributed by atoms with Crippen LogP contribution in [0.2, 0.25) is 0 Å². The van der Waals surface area contributed by atoms with E-state index in [1.165, 1.54) is 10.9 Å². The first-order chi connectivity index (χ1) is 13.3. The van der Waals surface area contributed by atoms with Crippen molar-refractivity contribution in [2.45, 2.75) is 0 Å². The van der Waals surface area contributed by atoms with Crippen molar-refractivity contribution in [3.05, 3.63) is 91.0 Å². The molecule has 0 bridgehead atoms. The van der Waals surface area contributed by atoms with Gasteiger partial charge in [0.2, 0.25) is 5.89 Å². The average molecular weight is 350 g/mol. The normalized spacial score (nSPS) is 11.1. The van der Waals surface area contributed by atoms with E-state index in [9.17, 15) is 0 Å². The highest BCUT2D eigenvalue weighted by molar-refractivity contribution is 5.89. The van der Waals surface area contributed by atoms with E-state index in [1.54, 1.807) is 0 Å². The molecule has 5 rings (SSSR count). The summed E-state index contributed by atoms with van der Waals surface area (Å²) in [5.41, 5.74) is 5.07. The zero-order chi connectivity index (χ0) is 18.2. The second-order valence-corrected chi connectivity index (χ2v) is 6.58. The van der Waals surface area contributed by atoms with Gasteiger partial charge in [0.15, 0.2) is 5.76 Å². The number of rotatable bonds is 3. The van der Waals surface area contributed by atoms with Crippen molar-refractivity contribution in [2.75, 3.05) is 0 Å². The molecule has 0 N–H and O–H groups in total. The minimum atomic E-state index is 0.634. The number of oxazole rings is 1. The van der Waals surface area contributed by atoms with E-state index in [1.807, 2.05) is 48.5 Å². The summed E-state index contributed by atoms with van der Waals surface area (Å²) in [6.07, 6.45) is 0. The summed E-state index contributed by atoms with van der Waals surface area (Å²) in [5.74, 6) is 1.43. The molecule has 5 aromatic rings. The van der Waals surface area contributed by atoms with Crippen LogP contribution in [0.1, 0.15) is 0 Å². The Kier molecular flexibility index (Phi) is 3.65. The molecule has 3 nitrogen and oxygen atoms in total. The molecular weight excluding hydrogens is 332 g/mol. The Labute approximate surface area is 157 Å². The van der Waals surface area contributed by atoms with Crippen LogP contribution < -0.4 is 0 Å². The zero-order valence-electron chi connectivity index (χ0n) is 15.0. The molecule has 3 heteroatoms. The number of aryl methyl sites for hydroxylation is 1. The minimum Gasteiger partial charge on any atom is -0.435 e. The lowest BCUT2D eigenvalue weighted by molar-refractivity contribution is 0.589. The van der Waals surface area contributed by atoms with Crippen LogP contribution in [-0.2, 0) is 7.05 Å². The molecule has 0 fully saturated rings. The number of para-hydroxylation sites is 1. The van der Waals surface area contributed by atoms with E-state index < -0.39 is 0 Å². The summed E-state index contributed by atoms with van der Waals surface area (Å²) in [6.45, 7) is 0. The third kappa shape index (κ3) is 2.64. The fourth-order valence-electron chi connectivity index (χ4n) is 3.50. The summed E-state index contributed by atoms with van der Waals surface area (Å²) < 4.78 is 8.44. The van der Waals surface area contributed by atoms with Gasteiger partial charge in [0.05, 0.1) is 5.69 Å². The molecule has 27 heavy (non-hydrogen) atoms. The highest BCUT2D eigenvalue weighted by Gasteiger charge is 2.20. The van der Waals surface area contributed by atoms with Crippen molar-refractivity contribution in [3.63, 3.8) is 0 Å². The van der Waals surface area contributed by atoms with E-state index in [0.717, 1.165) is 28.3 Å². The SMILES string of the molecule is Cn1c(-c2nc(-c3ccccc3)oc2-c2ccccc2)cc2ccccc21. The summed E-state index contributed by atoms with van der Waals surface area (Å²) in [5, 5.41) is 1.19. The third-order valence-corrected chi connectivity index (χ3v) is 4.88. The average Bonchev–Trinajstić information content (AvgIpc) is 3.31. The van der Waals surface area contributed by atoms with E-state index in [-0.39, 0.29) is 0 Å². The molecular formula is C24H18N2O. The van der Waals surface area contributed by atoms with E-state index in [4.69, 9.17) is 9.40 Å². The van der Waals surface area contributed by atoms with Gasteiger partial charge in [0.25, 0.3) is 0 Å². The lowest BCUT2D eigenvalue weighted by atomic mass is 10.1. The van der Waals surface area contributed by atoms with E-state index in [0.29, 0.717) is 5.89 Å². The first kappa shape index (κ1) is 15.6. The lowest BCUT2D eigenvalue weighted by Crippen LogP contribution is -1.93. The second-order valence-electron chi connectivity index (χ2n) is 6.58. The first-order valence-electron chi connectivity index (χ1n) is 8.98. The van der Waals surface area contributed by atoms with Crippen LogP contribution in [0, 0.1) is 0 Å². The number of benzene rings is 3. The minimum absolute atomic E-state index is 0.634. The topological polar surface area (TPSA) is 31.0 Å². The number of hydrogen-bond donors (Lipinski definition) is 0. The Morgan fingerprint density at radius 2 is 1.37 bits per heavy atom. The molecule has 0 aliphatic carbocycles. The zero-order valence-corrected chi connectivity index (χ0v) is 15.0. The molecule has 0 amide bonds. The van der Waals surface area contributed by atoms with Gasteiger partial charge in [0, 0.05) is 29.1 Å². The summed E-state index contributed by atoms with van der Waals surface area (Å²) in [4.78, 5) is 4.90. The quantitative estimate of drug-likeness (QED) is 0.390. The molecule has 0 spiro atoms. The maximum atomic E-state index is 6.27. The van der Waals surface area contributed by atoms with Gasteiger partial charge in [-0.2, -0.15) is 0 Å². The molecule has 0 radical (unpaired) electrons. The lowest BCUT2D eigenvalue weighted by Gasteiger charge is -2.03. The molecule has 0 saturated carbocycles. The molecule has 0 aliphatic heterocycles. The second kappa shape index (κ2) is 6.29. The number of hydrogen-bond acceptors (Lipinski definition) is 2. The van der Waals surface area contributed by atoms with Gasteiger partial charge in [0.1, 0.15) is 5.69 Å². The van der Waals surface area contributed by atoms with Crippen LogP contribution >= 0.6 is 0 Å². The maximum Gasteiger partial charge on any atom is 0.227 e. The van der Waals surface area contributed by atoms with Crippen molar-refractivity contribution in [1.29, 1.82) is 0 Å². The Balaban J connectivity index is 1.77. The van der Waals surface area contributed by atoms with Crippen LogP contribution in [-0.4, -0.2) is 9.55 Å². The summed E-state index contributed by atoms with van der Waals surface area (Å²) in [6, 6.07) is 30.7.